The van der Waals surface area contributed by atoms with E-state index in [2.05, 4.69) is 5.10 Å². The van der Waals surface area contributed by atoms with Crippen LogP contribution in [0.3, 0.4) is 0 Å². The van der Waals surface area contributed by atoms with E-state index in [1.165, 1.54) is 11.6 Å². The SMILES string of the molecule is CCOC(C)OC(C)c1nn(-c2cc(F)c(C(=O)OC(C)(C)C)cc2F)c(=O)n1C. The van der Waals surface area contributed by atoms with E-state index in [9.17, 15) is 18.4 Å². The number of carbonyl (C=O) groups is 1. The second kappa shape index (κ2) is 9.05. The summed E-state index contributed by atoms with van der Waals surface area (Å²) in [6.45, 7) is 10.4. The van der Waals surface area contributed by atoms with Gasteiger partial charge in [-0.1, -0.05) is 0 Å². The fraction of sp³-hybridized carbons (Fsp3) is 0.550. The largest absolute Gasteiger partial charge is 0.456 e. The van der Waals surface area contributed by atoms with Crippen LogP contribution in [0.2, 0.25) is 0 Å². The number of aromatic nitrogens is 3. The number of halogens is 2. The molecule has 0 aliphatic carbocycles. The van der Waals surface area contributed by atoms with Crippen LogP contribution in [0.25, 0.3) is 5.69 Å². The molecule has 2 atom stereocenters. The molecule has 1 aromatic carbocycles. The summed E-state index contributed by atoms with van der Waals surface area (Å²) in [5.74, 6) is -2.84. The van der Waals surface area contributed by atoms with Gasteiger partial charge in [0.25, 0.3) is 0 Å². The zero-order chi connectivity index (χ0) is 22.8. The highest BCUT2D eigenvalue weighted by atomic mass is 19.1. The highest BCUT2D eigenvalue weighted by Crippen LogP contribution is 2.22. The summed E-state index contributed by atoms with van der Waals surface area (Å²) in [7, 11) is 1.44. The summed E-state index contributed by atoms with van der Waals surface area (Å²) >= 11 is 0. The average molecular weight is 427 g/mol. The van der Waals surface area contributed by atoms with E-state index in [1.54, 1.807) is 34.6 Å². The number of nitrogens with zero attached hydrogens (tertiary/aromatic N) is 3. The monoisotopic (exact) mass is 427 g/mol. The Kier molecular flexibility index (Phi) is 7.14. The van der Waals surface area contributed by atoms with Crippen LogP contribution in [0.15, 0.2) is 16.9 Å². The predicted molar refractivity (Wildman–Crippen MR) is 104 cm³/mol. The van der Waals surface area contributed by atoms with Crippen molar-refractivity contribution >= 4 is 5.97 Å². The number of hydrogen-bond donors (Lipinski definition) is 0. The number of carbonyl (C=O) groups excluding carboxylic acids is 1. The summed E-state index contributed by atoms with van der Waals surface area (Å²) in [5, 5.41) is 4.09. The van der Waals surface area contributed by atoms with Crippen molar-refractivity contribution in [3.05, 3.63) is 45.6 Å². The van der Waals surface area contributed by atoms with Crippen LogP contribution in [-0.4, -0.2) is 38.8 Å². The molecule has 0 aliphatic heterocycles. The maximum atomic E-state index is 14.7. The first-order chi connectivity index (χ1) is 13.9. The van der Waals surface area contributed by atoms with Gasteiger partial charge in [-0.05, 0) is 47.6 Å². The lowest BCUT2D eigenvalue weighted by molar-refractivity contribution is -0.156. The minimum Gasteiger partial charge on any atom is -0.456 e. The van der Waals surface area contributed by atoms with Gasteiger partial charge in [-0.15, -0.1) is 5.10 Å². The van der Waals surface area contributed by atoms with Crippen molar-refractivity contribution in [1.82, 2.24) is 14.3 Å². The Labute approximate surface area is 173 Å². The molecule has 0 fully saturated rings. The lowest BCUT2D eigenvalue weighted by atomic mass is 10.1. The molecule has 0 spiro atoms. The van der Waals surface area contributed by atoms with E-state index >= 15 is 0 Å². The van der Waals surface area contributed by atoms with Crippen molar-refractivity contribution in [3.63, 3.8) is 0 Å². The van der Waals surface area contributed by atoms with Gasteiger partial charge in [0, 0.05) is 19.7 Å². The Morgan fingerprint density at radius 2 is 1.83 bits per heavy atom. The zero-order valence-electron chi connectivity index (χ0n) is 18.2. The number of rotatable bonds is 7. The Morgan fingerprint density at radius 1 is 1.20 bits per heavy atom. The molecule has 0 saturated carbocycles. The minimum absolute atomic E-state index is 0.197. The predicted octanol–water partition coefficient (Wildman–Crippen LogP) is 3.26. The first kappa shape index (κ1) is 23.7. The lowest BCUT2D eigenvalue weighted by Crippen LogP contribution is -2.26. The van der Waals surface area contributed by atoms with Crippen molar-refractivity contribution < 1.29 is 27.8 Å². The van der Waals surface area contributed by atoms with Crippen LogP contribution in [0.5, 0.6) is 0 Å². The van der Waals surface area contributed by atoms with Crippen LogP contribution in [0.1, 0.15) is 63.8 Å². The van der Waals surface area contributed by atoms with Gasteiger partial charge in [0.1, 0.15) is 29.0 Å². The van der Waals surface area contributed by atoms with Gasteiger partial charge in [-0.3, -0.25) is 4.57 Å². The van der Waals surface area contributed by atoms with E-state index in [0.717, 1.165) is 10.7 Å². The van der Waals surface area contributed by atoms with E-state index < -0.39 is 52.5 Å². The summed E-state index contributed by atoms with van der Waals surface area (Å²) < 4.78 is 47.1. The summed E-state index contributed by atoms with van der Waals surface area (Å²) in [4.78, 5) is 24.7. The number of ether oxygens (including phenoxy) is 3. The standard InChI is InChI=1S/C20H27F2N3O5/c1-8-28-12(3)29-11(2)17-23-25(19(27)24(17)7)16-10-14(21)13(9-15(16)22)18(26)30-20(4,5)6/h9-12H,8H2,1-7H3. The van der Waals surface area contributed by atoms with Crippen molar-refractivity contribution in [2.24, 2.45) is 7.05 Å². The third-order valence-electron chi connectivity index (χ3n) is 4.06. The maximum absolute atomic E-state index is 14.7. The molecule has 8 nitrogen and oxygen atoms in total. The summed E-state index contributed by atoms with van der Waals surface area (Å²) in [5.41, 5.74) is -2.58. The molecule has 1 heterocycles. The van der Waals surface area contributed by atoms with E-state index in [-0.39, 0.29) is 5.82 Å². The fourth-order valence-corrected chi connectivity index (χ4v) is 2.77. The molecule has 1 aromatic heterocycles. The van der Waals surface area contributed by atoms with Gasteiger partial charge in [0.15, 0.2) is 12.1 Å². The van der Waals surface area contributed by atoms with Crippen molar-refractivity contribution in [1.29, 1.82) is 0 Å². The van der Waals surface area contributed by atoms with Gasteiger partial charge in [0.2, 0.25) is 0 Å². The Bertz CT molecular complexity index is 978. The van der Waals surface area contributed by atoms with Crippen molar-refractivity contribution in [3.8, 4) is 5.69 Å². The van der Waals surface area contributed by atoms with Crippen LogP contribution < -0.4 is 5.69 Å². The van der Waals surface area contributed by atoms with Gasteiger partial charge in [-0.2, -0.15) is 4.68 Å². The molecule has 0 N–H and O–H groups in total. The first-order valence-electron chi connectivity index (χ1n) is 9.51. The highest BCUT2D eigenvalue weighted by molar-refractivity contribution is 5.90. The summed E-state index contributed by atoms with van der Waals surface area (Å²) in [6, 6.07) is 1.43. The molecule has 0 bridgehead atoms. The van der Waals surface area contributed by atoms with Gasteiger partial charge < -0.3 is 14.2 Å². The average Bonchev–Trinajstić information content (AvgIpc) is 2.90. The first-order valence-corrected chi connectivity index (χ1v) is 9.51. The molecular weight excluding hydrogens is 400 g/mol. The Morgan fingerprint density at radius 3 is 2.40 bits per heavy atom. The molecule has 2 unspecified atom stereocenters. The highest BCUT2D eigenvalue weighted by Gasteiger charge is 2.25. The smallest absolute Gasteiger partial charge is 0.350 e. The van der Waals surface area contributed by atoms with Gasteiger partial charge >= 0.3 is 11.7 Å². The molecule has 30 heavy (non-hydrogen) atoms. The zero-order valence-corrected chi connectivity index (χ0v) is 18.2. The Hall–Kier alpha value is -2.59. The van der Waals surface area contributed by atoms with E-state index in [4.69, 9.17) is 14.2 Å². The molecule has 2 rings (SSSR count). The van der Waals surface area contributed by atoms with Gasteiger partial charge in [-0.25, -0.2) is 18.4 Å². The molecular formula is C20H27F2N3O5. The van der Waals surface area contributed by atoms with Gasteiger partial charge in [0.05, 0.1) is 5.56 Å². The molecule has 10 heteroatoms. The van der Waals surface area contributed by atoms with E-state index in [0.29, 0.717) is 12.7 Å². The third-order valence-corrected chi connectivity index (χ3v) is 4.06. The minimum atomic E-state index is -1.03. The molecule has 166 valence electrons. The molecule has 0 aliphatic rings. The van der Waals surface area contributed by atoms with Crippen LogP contribution in [0, 0.1) is 11.6 Å². The molecule has 0 saturated heterocycles. The second-order valence-corrected chi connectivity index (χ2v) is 7.70. The van der Waals surface area contributed by atoms with Crippen molar-refractivity contribution in [2.75, 3.05) is 6.61 Å². The number of hydrogen-bond acceptors (Lipinski definition) is 6. The Balaban J connectivity index is 2.42. The second-order valence-electron chi connectivity index (χ2n) is 7.70. The summed E-state index contributed by atoms with van der Waals surface area (Å²) in [6.07, 6.45) is -1.20. The quantitative estimate of drug-likeness (QED) is 0.498. The maximum Gasteiger partial charge on any atom is 0.350 e. The normalized spacial score (nSPS) is 13.9. The van der Waals surface area contributed by atoms with Crippen LogP contribution in [0.4, 0.5) is 8.78 Å². The van der Waals surface area contributed by atoms with Crippen LogP contribution >= 0.6 is 0 Å². The molecule has 0 radical (unpaired) electrons. The number of benzene rings is 1. The lowest BCUT2D eigenvalue weighted by Gasteiger charge is -2.19. The topological polar surface area (TPSA) is 84.6 Å². The fourth-order valence-electron chi connectivity index (χ4n) is 2.77. The number of esters is 1. The van der Waals surface area contributed by atoms with Crippen molar-refractivity contribution in [2.45, 2.75) is 59.5 Å². The molecule has 0 amide bonds. The third kappa shape index (κ3) is 5.31. The molecule has 2 aromatic rings. The van der Waals surface area contributed by atoms with E-state index in [1.807, 2.05) is 6.92 Å². The van der Waals surface area contributed by atoms with Crippen LogP contribution in [-0.2, 0) is 21.3 Å².